The topological polar surface area (TPSA) is 12.0 Å². The van der Waals surface area contributed by atoms with Crippen LogP contribution >= 0.6 is 11.6 Å². The van der Waals surface area contributed by atoms with Crippen molar-refractivity contribution in [2.45, 2.75) is 71.8 Å². The molecule has 0 fully saturated rings. The zero-order valence-corrected chi connectivity index (χ0v) is 14.1. The SMILES string of the molecule is CCCCCCCC(NCCC)c1cc(Cl)ccc1C. The van der Waals surface area contributed by atoms with Crippen LogP contribution in [-0.4, -0.2) is 6.54 Å². The van der Waals surface area contributed by atoms with Crippen molar-refractivity contribution >= 4 is 11.6 Å². The number of hydrogen-bond acceptors (Lipinski definition) is 1. The Kier molecular flexibility index (Phi) is 8.97. The van der Waals surface area contributed by atoms with Crippen molar-refractivity contribution < 1.29 is 0 Å². The van der Waals surface area contributed by atoms with E-state index in [9.17, 15) is 0 Å². The molecule has 1 aromatic rings. The molecule has 0 bridgehead atoms. The van der Waals surface area contributed by atoms with Gasteiger partial charge in [0.05, 0.1) is 0 Å². The fourth-order valence-corrected chi connectivity index (χ4v) is 2.81. The van der Waals surface area contributed by atoms with Crippen LogP contribution in [0.3, 0.4) is 0 Å². The summed E-state index contributed by atoms with van der Waals surface area (Å²) < 4.78 is 0. The molecular weight excluding hydrogens is 266 g/mol. The minimum absolute atomic E-state index is 0.454. The predicted molar refractivity (Wildman–Crippen MR) is 90.6 cm³/mol. The summed E-state index contributed by atoms with van der Waals surface area (Å²) in [6.45, 7) is 7.74. The Labute approximate surface area is 130 Å². The lowest BCUT2D eigenvalue weighted by Gasteiger charge is -2.21. The third-order valence-electron chi connectivity index (χ3n) is 3.85. The van der Waals surface area contributed by atoms with Crippen LogP contribution in [0.2, 0.25) is 5.02 Å². The Hall–Kier alpha value is -0.530. The Morgan fingerprint density at radius 2 is 1.80 bits per heavy atom. The number of halogens is 1. The van der Waals surface area contributed by atoms with Gasteiger partial charge in [-0.1, -0.05) is 63.6 Å². The van der Waals surface area contributed by atoms with E-state index in [1.54, 1.807) is 0 Å². The molecular formula is C18H30ClN. The first-order chi connectivity index (χ1) is 9.69. The van der Waals surface area contributed by atoms with Crippen molar-refractivity contribution in [1.82, 2.24) is 5.32 Å². The highest BCUT2D eigenvalue weighted by molar-refractivity contribution is 6.30. The Morgan fingerprint density at radius 1 is 1.05 bits per heavy atom. The lowest BCUT2D eigenvalue weighted by atomic mass is 9.96. The summed E-state index contributed by atoms with van der Waals surface area (Å²) in [5.74, 6) is 0. The van der Waals surface area contributed by atoms with Gasteiger partial charge in [0.1, 0.15) is 0 Å². The molecule has 0 aliphatic heterocycles. The standard InChI is InChI=1S/C18H30ClN/c1-4-6-7-8-9-10-18(20-13-5-2)17-14-16(19)12-11-15(17)3/h11-12,14,18,20H,4-10,13H2,1-3H3. The Balaban J connectivity index is 2.60. The molecule has 1 N–H and O–H groups in total. The van der Waals surface area contributed by atoms with Gasteiger partial charge in [0, 0.05) is 11.1 Å². The van der Waals surface area contributed by atoms with Crippen molar-refractivity contribution in [2.75, 3.05) is 6.54 Å². The van der Waals surface area contributed by atoms with Gasteiger partial charge in [0.15, 0.2) is 0 Å². The maximum atomic E-state index is 6.17. The normalized spacial score (nSPS) is 12.6. The molecule has 1 unspecified atom stereocenters. The first kappa shape index (κ1) is 17.5. The third kappa shape index (κ3) is 6.28. The zero-order chi connectivity index (χ0) is 14.8. The quantitative estimate of drug-likeness (QED) is 0.518. The highest BCUT2D eigenvalue weighted by atomic mass is 35.5. The lowest BCUT2D eigenvalue weighted by molar-refractivity contribution is 0.466. The van der Waals surface area contributed by atoms with E-state index in [1.807, 2.05) is 6.07 Å². The molecule has 0 aliphatic rings. The molecule has 0 radical (unpaired) electrons. The largest absolute Gasteiger partial charge is 0.310 e. The van der Waals surface area contributed by atoms with Gasteiger partial charge < -0.3 is 5.32 Å². The van der Waals surface area contributed by atoms with Crippen molar-refractivity contribution in [2.24, 2.45) is 0 Å². The molecule has 0 saturated carbocycles. The molecule has 1 nitrogen and oxygen atoms in total. The molecule has 20 heavy (non-hydrogen) atoms. The van der Waals surface area contributed by atoms with Crippen LogP contribution in [-0.2, 0) is 0 Å². The molecule has 1 atom stereocenters. The lowest BCUT2D eigenvalue weighted by Crippen LogP contribution is -2.23. The molecule has 1 aromatic carbocycles. The van der Waals surface area contributed by atoms with Crippen molar-refractivity contribution in [3.05, 3.63) is 34.3 Å². The van der Waals surface area contributed by atoms with Crippen LogP contribution in [0.15, 0.2) is 18.2 Å². The van der Waals surface area contributed by atoms with Gasteiger partial charge in [-0.05, 0) is 49.6 Å². The molecule has 0 saturated heterocycles. The maximum absolute atomic E-state index is 6.17. The molecule has 114 valence electrons. The summed E-state index contributed by atoms with van der Waals surface area (Å²) in [5, 5.41) is 4.53. The Morgan fingerprint density at radius 3 is 2.50 bits per heavy atom. The fourth-order valence-electron chi connectivity index (χ4n) is 2.62. The highest BCUT2D eigenvalue weighted by Crippen LogP contribution is 2.26. The van der Waals surface area contributed by atoms with E-state index in [0.29, 0.717) is 6.04 Å². The number of nitrogens with one attached hydrogen (secondary N) is 1. The van der Waals surface area contributed by atoms with E-state index < -0.39 is 0 Å². The van der Waals surface area contributed by atoms with Gasteiger partial charge in [0.2, 0.25) is 0 Å². The molecule has 0 aromatic heterocycles. The van der Waals surface area contributed by atoms with Gasteiger partial charge >= 0.3 is 0 Å². The van der Waals surface area contributed by atoms with Gasteiger partial charge in [-0.2, -0.15) is 0 Å². The van der Waals surface area contributed by atoms with Crippen LogP contribution in [0.4, 0.5) is 0 Å². The summed E-state index contributed by atoms with van der Waals surface area (Å²) >= 11 is 6.17. The second-order valence-corrected chi connectivity index (χ2v) is 6.15. The third-order valence-corrected chi connectivity index (χ3v) is 4.09. The summed E-state index contributed by atoms with van der Waals surface area (Å²) in [5.41, 5.74) is 2.72. The number of rotatable bonds is 10. The number of unbranched alkanes of at least 4 members (excludes halogenated alkanes) is 4. The summed E-state index contributed by atoms with van der Waals surface area (Å²) in [6.07, 6.45) is 9.07. The average molecular weight is 296 g/mol. The van der Waals surface area contributed by atoms with Crippen molar-refractivity contribution in [3.63, 3.8) is 0 Å². The van der Waals surface area contributed by atoms with E-state index in [0.717, 1.165) is 11.6 Å². The minimum Gasteiger partial charge on any atom is -0.310 e. The van der Waals surface area contributed by atoms with Crippen LogP contribution < -0.4 is 5.32 Å². The average Bonchev–Trinajstić information content (AvgIpc) is 2.45. The molecule has 0 amide bonds. The Bertz CT molecular complexity index is 376. The molecule has 0 spiro atoms. The van der Waals surface area contributed by atoms with E-state index in [4.69, 9.17) is 11.6 Å². The van der Waals surface area contributed by atoms with Gasteiger partial charge in [0.25, 0.3) is 0 Å². The summed E-state index contributed by atoms with van der Waals surface area (Å²) in [4.78, 5) is 0. The smallest absolute Gasteiger partial charge is 0.0409 e. The van der Waals surface area contributed by atoms with Crippen LogP contribution in [0.5, 0.6) is 0 Å². The van der Waals surface area contributed by atoms with Gasteiger partial charge in [-0.3, -0.25) is 0 Å². The monoisotopic (exact) mass is 295 g/mol. The molecule has 2 heteroatoms. The zero-order valence-electron chi connectivity index (χ0n) is 13.3. The summed E-state index contributed by atoms with van der Waals surface area (Å²) in [6, 6.07) is 6.71. The maximum Gasteiger partial charge on any atom is 0.0409 e. The van der Waals surface area contributed by atoms with Crippen molar-refractivity contribution in [3.8, 4) is 0 Å². The van der Waals surface area contributed by atoms with E-state index in [2.05, 4.69) is 38.2 Å². The minimum atomic E-state index is 0.454. The molecule has 1 rings (SSSR count). The first-order valence-electron chi connectivity index (χ1n) is 8.18. The number of aryl methyl sites for hydroxylation is 1. The fraction of sp³-hybridized carbons (Fsp3) is 0.667. The van der Waals surface area contributed by atoms with E-state index in [-0.39, 0.29) is 0 Å². The van der Waals surface area contributed by atoms with Crippen LogP contribution in [0.1, 0.15) is 76.0 Å². The number of hydrogen-bond donors (Lipinski definition) is 1. The van der Waals surface area contributed by atoms with E-state index in [1.165, 1.54) is 56.1 Å². The summed E-state index contributed by atoms with van der Waals surface area (Å²) in [7, 11) is 0. The second kappa shape index (κ2) is 10.2. The highest BCUT2D eigenvalue weighted by Gasteiger charge is 2.13. The van der Waals surface area contributed by atoms with Crippen LogP contribution in [0.25, 0.3) is 0 Å². The van der Waals surface area contributed by atoms with Crippen LogP contribution in [0, 0.1) is 6.92 Å². The first-order valence-corrected chi connectivity index (χ1v) is 8.56. The second-order valence-electron chi connectivity index (χ2n) is 5.71. The van der Waals surface area contributed by atoms with E-state index >= 15 is 0 Å². The van der Waals surface area contributed by atoms with Crippen molar-refractivity contribution in [1.29, 1.82) is 0 Å². The van der Waals surface area contributed by atoms with Gasteiger partial charge in [-0.15, -0.1) is 0 Å². The van der Waals surface area contributed by atoms with Gasteiger partial charge in [-0.25, -0.2) is 0 Å². The number of benzene rings is 1. The molecule has 0 aliphatic carbocycles. The predicted octanol–water partition coefficient (Wildman–Crippen LogP) is 6.05. The molecule has 0 heterocycles.